The van der Waals surface area contributed by atoms with Crippen molar-refractivity contribution in [2.24, 2.45) is 0 Å². The zero-order chi connectivity index (χ0) is 33.4. The highest BCUT2D eigenvalue weighted by atomic mass is 32.2. The molecule has 48 heavy (non-hydrogen) atoms. The zero-order valence-corrected chi connectivity index (χ0v) is 27.9. The van der Waals surface area contributed by atoms with Gasteiger partial charge >= 0.3 is 17.9 Å². The lowest BCUT2D eigenvalue weighted by atomic mass is 10.1. The molecule has 0 amide bonds. The Kier molecular flexibility index (Phi) is 13.3. The van der Waals surface area contributed by atoms with E-state index in [-0.39, 0.29) is 11.2 Å². The summed E-state index contributed by atoms with van der Waals surface area (Å²) >= 11 is 3.44. The van der Waals surface area contributed by atoms with E-state index in [0.29, 0.717) is 23.1 Å². The molecule has 0 spiro atoms. The molecule has 0 aromatic heterocycles. The Morgan fingerprint density at radius 3 is 1.23 bits per heavy atom. The summed E-state index contributed by atoms with van der Waals surface area (Å²) < 4.78 is 17.8. The molecule has 0 bridgehead atoms. The fourth-order valence-electron chi connectivity index (χ4n) is 4.77. The van der Waals surface area contributed by atoms with E-state index < -0.39 is 30.1 Å². The fraction of sp³-hybridized carbons (Fsp3) is 0.175. The molecule has 2 atom stereocenters. The smallest absolute Gasteiger partial charge is 0.338 e. The standard InChI is InChI=1S/C40H36O6S2/c41-38(32-20-10-3-11-21-32)44-27-36(46-40(43)34-24-14-5-15-25-34)35(45-39(42)33-22-12-4-13-23-33)26-37(47-28-30-16-6-1-7-17-30)48-29-31-18-8-2-9-19-31/h1-25,35-37H,26-29H2/t35-,36-/m0/s1. The van der Waals surface area contributed by atoms with Gasteiger partial charge in [-0.1, -0.05) is 115 Å². The van der Waals surface area contributed by atoms with Gasteiger partial charge in [0.2, 0.25) is 0 Å². The summed E-state index contributed by atoms with van der Waals surface area (Å²) in [5.41, 5.74) is 3.38. The maximum Gasteiger partial charge on any atom is 0.338 e. The van der Waals surface area contributed by atoms with Crippen LogP contribution in [0.3, 0.4) is 0 Å². The Hall–Kier alpha value is -4.79. The largest absolute Gasteiger partial charge is 0.458 e. The van der Waals surface area contributed by atoms with Crippen LogP contribution >= 0.6 is 23.5 Å². The van der Waals surface area contributed by atoms with Crippen molar-refractivity contribution in [1.29, 1.82) is 0 Å². The molecule has 0 saturated heterocycles. The second-order valence-electron chi connectivity index (χ2n) is 10.8. The van der Waals surface area contributed by atoms with Crippen molar-refractivity contribution in [2.75, 3.05) is 6.61 Å². The number of carbonyl (C=O) groups excluding carboxylic acids is 3. The minimum absolute atomic E-state index is 0.0817. The highest BCUT2D eigenvalue weighted by Crippen LogP contribution is 2.35. The first-order valence-corrected chi connectivity index (χ1v) is 17.7. The summed E-state index contributed by atoms with van der Waals surface area (Å²) in [6, 6.07) is 46.1. The van der Waals surface area contributed by atoms with E-state index in [2.05, 4.69) is 24.3 Å². The van der Waals surface area contributed by atoms with Gasteiger partial charge < -0.3 is 14.2 Å². The molecule has 0 heterocycles. The molecule has 5 rings (SSSR count). The molecule has 0 aliphatic carbocycles. The van der Waals surface area contributed by atoms with E-state index >= 15 is 0 Å². The molecule has 8 heteroatoms. The maximum atomic E-state index is 13.5. The van der Waals surface area contributed by atoms with Crippen LogP contribution in [0.4, 0.5) is 0 Å². The van der Waals surface area contributed by atoms with Crippen LogP contribution in [0.15, 0.2) is 152 Å². The molecule has 0 aliphatic heterocycles. The fourth-order valence-corrected chi connectivity index (χ4v) is 7.35. The SMILES string of the molecule is O=C(OC[C@H](OC(=O)c1ccccc1)[C@H](CC(SCc1ccccc1)SCc1ccccc1)OC(=O)c1ccccc1)c1ccccc1. The minimum Gasteiger partial charge on any atom is -0.458 e. The maximum absolute atomic E-state index is 13.5. The van der Waals surface area contributed by atoms with Crippen LogP contribution in [-0.4, -0.2) is 41.3 Å². The van der Waals surface area contributed by atoms with Crippen molar-refractivity contribution >= 4 is 41.4 Å². The molecule has 5 aromatic carbocycles. The zero-order valence-electron chi connectivity index (χ0n) is 26.3. The molecular weight excluding hydrogens is 641 g/mol. The van der Waals surface area contributed by atoms with Gasteiger partial charge in [-0.2, -0.15) is 0 Å². The summed E-state index contributed by atoms with van der Waals surface area (Å²) in [6.07, 6.45) is -1.70. The highest BCUT2D eigenvalue weighted by Gasteiger charge is 2.34. The minimum atomic E-state index is -1.09. The number of rotatable bonds is 16. The Morgan fingerprint density at radius 2 is 0.812 bits per heavy atom. The number of hydrogen-bond donors (Lipinski definition) is 0. The van der Waals surface area contributed by atoms with Gasteiger partial charge in [0.15, 0.2) is 6.10 Å². The monoisotopic (exact) mass is 676 g/mol. The van der Waals surface area contributed by atoms with Gasteiger partial charge in [-0.3, -0.25) is 0 Å². The van der Waals surface area contributed by atoms with Gasteiger partial charge in [0.1, 0.15) is 12.7 Å². The van der Waals surface area contributed by atoms with E-state index in [1.807, 2.05) is 42.5 Å². The number of carbonyl (C=O) groups is 3. The summed E-state index contributed by atoms with van der Waals surface area (Å²) in [5.74, 6) is -0.287. The normalized spacial score (nSPS) is 12.1. The number of thioether (sulfide) groups is 2. The lowest BCUT2D eigenvalue weighted by Crippen LogP contribution is -2.40. The Labute approximate surface area is 289 Å². The Bertz CT molecular complexity index is 1660. The second kappa shape index (κ2) is 18.5. The van der Waals surface area contributed by atoms with Crippen LogP contribution < -0.4 is 0 Å². The molecule has 244 valence electrons. The van der Waals surface area contributed by atoms with Crippen molar-refractivity contribution in [3.63, 3.8) is 0 Å². The molecule has 0 fully saturated rings. The number of ether oxygens (including phenoxy) is 3. The summed E-state index contributed by atoms with van der Waals surface area (Å²) in [7, 11) is 0. The van der Waals surface area contributed by atoms with Crippen LogP contribution in [0.1, 0.15) is 48.6 Å². The molecule has 6 nitrogen and oxygen atoms in total. The Balaban J connectivity index is 1.44. The van der Waals surface area contributed by atoms with Crippen molar-refractivity contribution in [1.82, 2.24) is 0 Å². The van der Waals surface area contributed by atoms with Crippen LogP contribution in [0.25, 0.3) is 0 Å². The lowest BCUT2D eigenvalue weighted by Gasteiger charge is -2.29. The first-order chi connectivity index (χ1) is 23.5. The quantitative estimate of drug-likeness (QED) is 0.0583. The number of benzene rings is 5. The molecule has 0 aliphatic rings. The van der Waals surface area contributed by atoms with Crippen molar-refractivity contribution in [3.8, 4) is 0 Å². The van der Waals surface area contributed by atoms with Gasteiger partial charge in [0.25, 0.3) is 0 Å². The van der Waals surface area contributed by atoms with Gasteiger partial charge in [0.05, 0.1) is 21.3 Å². The predicted octanol–water partition coefficient (Wildman–Crippen LogP) is 8.88. The number of esters is 3. The molecular formula is C40H36O6S2. The van der Waals surface area contributed by atoms with E-state index in [9.17, 15) is 14.4 Å². The molecule has 0 N–H and O–H groups in total. The van der Waals surface area contributed by atoms with Crippen LogP contribution in [0, 0.1) is 0 Å². The van der Waals surface area contributed by atoms with Gasteiger partial charge in [-0.05, 0) is 47.5 Å². The van der Waals surface area contributed by atoms with Crippen molar-refractivity contribution in [2.45, 2.75) is 34.7 Å². The van der Waals surface area contributed by atoms with Crippen molar-refractivity contribution in [3.05, 3.63) is 179 Å². The van der Waals surface area contributed by atoms with E-state index in [0.717, 1.165) is 22.6 Å². The predicted molar refractivity (Wildman–Crippen MR) is 192 cm³/mol. The van der Waals surface area contributed by atoms with Gasteiger partial charge in [0, 0.05) is 17.9 Å². The highest BCUT2D eigenvalue weighted by molar-refractivity contribution is 8.16. The third kappa shape index (κ3) is 10.9. The topological polar surface area (TPSA) is 78.9 Å². The molecule has 0 saturated carbocycles. The second-order valence-corrected chi connectivity index (χ2v) is 13.5. The van der Waals surface area contributed by atoms with E-state index in [1.54, 1.807) is 108 Å². The van der Waals surface area contributed by atoms with E-state index in [1.165, 1.54) is 0 Å². The summed E-state index contributed by atoms with van der Waals surface area (Å²) in [4.78, 5) is 40.0. The average molecular weight is 677 g/mol. The third-order valence-corrected chi connectivity index (χ3v) is 10.3. The van der Waals surface area contributed by atoms with Gasteiger partial charge in [-0.25, -0.2) is 14.4 Å². The van der Waals surface area contributed by atoms with Crippen LogP contribution in [0.2, 0.25) is 0 Å². The molecule has 5 aromatic rings. The lowest BCUT2D eigenvalue weighted by molar-refractivity contribution is -0.0588. The Morgan fingerprint density at radius 1 is 0.458 bits per heavy atom. The number of hydrogen-bond acceptors (Lipinski definition) is 8. The molecule has 0 radical (unpaired) electrons. The first kappa shape index (κ1) is 34.5. The van der Waals surface area contributed by atoms with Crippen LogP contribution in [0.5, 0.6) is 0 Å². The third-order valence-electron chi connectivity index (χ3n) is 7.32. The average Bonchev–Trinajstić information content (AvgIpc) is 3.15. The van der Waals surface area contributed by atoms with Crippen LogP contribution in [-0.2, 0) is 25.7 Å². The molecule has 0 unspecified atom stereocenters. The van der Waals surface area contributed by atoms with E-state index in [4.69, 9.17) is 14.2 Å². The van der Waals surface area contributed by atoms with Gasteiger partial charge in [-0.15, -0.1) is 23.5 Å². The summed E-state index contributed by atoms with van der Waals surface area (Å²) in [5, 5.41) is 0. The first-order valence-electron chi connectivity index (χ1n) is 15.6. The summed E-state index contributed by atoms with van der Waals surface area (Å²) in [6.45, 7) is -0.307. The van der Waals surface area contributed by atoms with Crippen molar-refractivity contribution < 1.29 is 28.6 Å².